The zero-order chi connectivity index (χ0) is 17.6. The maximum absolute atomic E-state index is 13.3. The van der Waals surface area contributed by atoms with Gasteiger partial charge < -0.3 is 14.6 Å². The summed E-state index contributed by atoms with van der Waals surface area (Å²) >= 11 is 0. The Morgan fingerprint density at radius 1 is 1.33 bits per heavy atom. The van der Waals surface area contributed by atoms with E-state index in [2.05, 4.69) is 5.32 Å². The van der Waals surface area contributed by atoms with E-state index in [1.165, 1.54) is 12.1 Å². The minimum absolute atomic E-state index is 0.00332. The quantitative estimate of drug-likeness (QED) is 0.796. The van der Waals surface area contributed by atoms with Gasteiger partial charge in [0.1, 0.15) is 6.04 Å². The van der Waals surface area contributed by atoms with Crippen molar-refractivity contribution in [2.24, 2.45) is 0 Å². The highest BCUT2D eigenvalue weighted by Gasteiger charge is 2.40. The number of halogens is 3. The van der Waals surface area contributed by atoms with Crippen LogP contribution >= 0.6 is 0 Å². The van der Waals surface area contributed by atoms with Crippen LogP contribution in [0.2, 0.25) is 0 Å². The molecule has 0 spiro atoms. The highest BCUT2D eigenvalue weighted by Crippen LogP contribution is 2.32. The monoisotopic (exact) mass is 347 g/mol. The van der Waals surface area contributed by atoms with Gasteiger partial charge in [0.15, 0.2) is 0 Å². The zero-order valence-corrected chi connectivity index (χ0v) is 13.7. The lowest BCUT2D eigenvalue weighted by atomic mass is 10.0. The fourth-order valence-corrected chi connectivity index (χ4v) is 2.67. The molecule has 1 fully saturated rings. The molecule has 2 unspecified atom stereocenters. The molecule has 136 valence electrons. The van der Waals surface area contributed by atoms with Crippen LogP contribution in [0.4, 0.5) is 13.2 Å². The number of ether oxygens (including phenoxy) is 2. The van der Waals surface area contributed by atoms with Crippen molar-refractivity contribution in [3.05, 3.63) is 35.4 Å². The van der Waals surface area contributed by atoms with Crippen molar-refractivity contribution >= 4 is 0 Å². The van der Waals surface area contributed by atoms with E-state index < -0.39 is 18.3 Å². The molecular weight excluding hydrogens is 323 g/mol. The molecule has 0 saturated carbocycles. The Kier molecular flexibility index (Phi) is 7.03. The Balaban J connectivity index is 1.85. The van der Waals surface area contributed by atoms with Gasteiger partial charge in [-0.15, -0.1) is 0 Å². The summed E-state index contributed by atoms with van der Waals surface area (Å²) in [6.07, 6.45) is -3.94. The molecule has 0 aromatic heterocycles. The van der Waals surface area contributed by atoms with E-state index in [9.17, 15) is 18.3 Å². The second-order valence-electron chi connectivity index (χ2n) is 6.10. The third-order valence-corrected chi connectivity index (χ3v) is 3.95. The number of hydrogen-bond donors (Lipinski definition) is 2. The van der Waals surface area contributed by atoms with Crippen LogP contribution in [0.5, 0.6) is 0 Å². The Morgan fingerprint density at radius 3 is 2.67 bits per heavy atom. The van der Waals surface area contributed by atoms with Crippen molar-refractivity contribution in [1.29, 1.82) is 0 Å². The first kappa shape index (κ1) is 19.2. The molecular formula is C17H24F3NO3. The fraction of sp³-hybridized carbons (Fsp3) is 0.647. The Morgan fingerprint density at radius 2 is 2.04 bits per heavy atom. The minimum Gasteiger partial charge on any atom is -0.389 e. The first-order chi connectivity index (χ1) is 11.4. The third-order valence-electron chi connectivity index (χ3n) is 3.95. The van der Waals surface area contributed by atoms with Crippen molar-refractivity contribution in [3.63, 3.8) is 0 Å². The number of nitrogens with one attached hydrogen (secondary N) is 1. The standard InChI is InChI=1S/C17H24F3NO3/c1-12-3-2-4-13(9-12)16(17(18,19)20)21-10-14(22)11-24-15-5-7-23-8-6-15/h2-4,9,14-16,21-22H,5-8,10-11H2,1H3. The Labute approximate surface area is 140 Å². The minimum atomic E-state index is -4.44. The maximum Gasteiger partial charge on any atom is 0.407 e. The van der Waals surface area contributed by atoms with E-state index in [0.717, 1.165) is 18.4 Å². The van der Waals surface area contributed by atoms with Crippen LogP contribution in [0.1, 0.15) is 30.0 Å². The first-order valence-electron chi connectivity index (χ1n) is 8.10. The summed E-state index contributed by atoms with van der Waals surface area (Å²) in [4.78, 5) is 0. The van der Waals surface area contributed by atoms with E-state index in [-0.39, 0.29) is 24.8 Å². The van der Waals surface area contributed by atoms with Crippen molar-refractivity contribution in [2.75, 3.05) is 26.4 Å². The van der Waals surface area contributed by atoms with Crippen molar-refractivity contribution in [2.45, 2.75) is 44.2 Å². The molecule has 0 radical (unpaired) electrons. The van der Waals surface area contributed by atoms with E-state index in [1.807, 2.05) is 0 Å². The molecule has 1 aliphatic heterocycles. The van der Waals surface area contributed by atoms with Gasteiger partial charge in [-0.25, -0.2) is 0 Å². The van der Waals surface area contributed by atoms with E-state index >= 15 is 0 Å². The average Bonchev–Trinajstić information content (AvgIpc) is 2.53. The SMILES string of the molecule is Cc1cccc(C(NCC(O)COC2CCOCC2)C(F)(F)F)c1. The highest BCUT2D eigenvalue weighted by atomic mass is 19.4. The van der Waals surface area contributed by atoms with Crippen molar-refractivity contribution < 1.29 is 27.8 Å². The number of alkyl halides is 3. The Bertz CT molecular complexity index is 504. The highest BCUT2D eigenvalue weighted by molar-refractivity contribution is 5.26. The van der Waals surface area contributed by atoms with Gasteiger partial charge in [0, 0.05) is 19.8 Å². The topological polar surface area (TPSA) is 50.7 Å². The molecule has 0 aliphatic carbocycles. The second kappa shape index (κ2) is 8.80. The van der Waals surface area contributed by atoms with E-state index in [1.54, 1.807) is 19.1 Å². The number of benzene rings is 1. The van der Waals surface area contributed by atoms with Crippen molar-refractivity contribution in [3.8, 4) is 0 Å². The van der Waals surface area contributed by atoms with Gasteiger partial charge in [0.2, 0.25) is 0 Å². The summed E-state index contributed by atoms with van der Waals surface area (Å²) in [6.45, 7) is 2.79. The largest absolute Gasteiger partial charge is 0.407 e. The molecule has 0 amide bonds. The molecule has 2 rings (SSSR count). The molecule has 1 heterocycles. The molecule has 2 atom stereocenters. The van der Waals surface area contributed by atoms with Gasteiger partial charge in [0.05, 0.1) is 18.8 Å². The van der Waals surface area contributed by atoms with Gasteiger partial charge in [-0.05, 0) is 25.3 Å². The number of rotatable bonds is 7. The summed E-state index contributed by atoms with van der Waals surface area (Å²) in [5, 5.41) is 12.3. The van der Waals surface area contributed by atoms with Gasteiger partial charge in [-0.3, -0.25) is 5.32 Å². The summed E-state index contributed by atoms with van der Waals surface area (Å²) in [5.74, 6) is 0. The zero-order valence-electron chi connectivity index (χ0n) is 13.7. The lowest BCUT2D eigenvalue weighted by molar-refractivity contribution is -0.159. The first-order valence-corrected chi connectivity index (χ1v) is 8.10. The van der Waals surface area contributed by atoms with Crippen LogP contribution in [0.3, 0.4) is 0 Å². The van der Waals surface area contributed by atoms with Gasteiger partial charge >= 0.3 is 6.18 Å². The molecule has 2 N–H and O–H groups in total. The molecule has 1 aromatic rings. The summed E-state index contributed by atoms with van der Waals surface area (Å²) in [5.41, 5.74) is 0.895. The lowest BCUT2D eigenvalue weighted by Gasteiger charge is -2.26. The molecule has 1 saturated heterocycles. The maximum atomic E-state index is 13.3. The van der Waals surface area contributed by atoms with E-state index in [0.29, 0.717) is 13.2 Å². The Hall–Kier alpha value is -1.15. The lowest BCUT2D eigenvalue weighted by Crippen LogP contribution is -2.40. The summed E-state index contributed by atoms with van der Waals surface area (Å²) in [6, 6.07) is 4.46. The van der Waals surface area contributed by atoms with Crippen LogP contribution in [0, 0.1) is 6.92 Å². The molecule has 0 bridgehead atoms. The van der Waals surface area contributed by atoms with E-state index in [4.69, 9.17) is 9.47 Å². The van der Waals surface area contributed by atoms with Crippen LogP contribution in [-0.2, 0) is 9.47 Å². The van der Waals surface area contributed by atoms with Gasteiger partial charge in [-0.1, -0.05) is 29.8 Å². The molecule has 24 heavy (non-hydrogen) atoms. The van der Waals surface area contributed by atoms with Crippen LogP contribution in [0.15, 0.2) is 24.3 Å². The summed E-state index contributed by atoms with van der Waals surface area (Å²) in [7, 11) is 0. The molecule has 7 heteroatoms. The van der Waals surface area contributed by atoms with Crippen LogP contribution < -0.4 is 5.32 Å². The number of aliphatic hydroxyl groups is 1. The molecule has 1 aromatic carbocycles. The normalized spacial score (nSPS) is 19.2. The van der Waals surface area contributed by atoms with Gasteiger partial charge in [-0.2, -0.15) is 13.2 Å². The number of aryl methyl sites for hydroxylation is 1. The molecule has 1 aliphatic rings. The number of hydrogen-bond acceptors (Lipinski definition) is 4. The van der Waals surface area contributed by atoms with Crippen LogP contribution in [-0.4, -0.2) is 49.9 Å². The van der Waals surface area contributed by atoms with Crippen molar-refractivity contribution in [1.82, 2.24) is 5.32 Å². The van der Waals surface area contributed by atoms with Gasteiger partial charge in [0.25, 0.3) is 0 Å². The smallest absolute Gasteiger partial charge is 0.389 e. The molecule has 4 nitrogen and oxygen atoms in total. The average molecular weight is 347 g/mol. The third kappa shape index (κ3) is 6.05. The van der Waals surface area contributed by atoms with Crippen LogP contribution in [0.25, 0.3) is 0 Å². The predicted molar refractivity (Wildman–Crippen MR) is 83.8 cm³/mol. The predicted octanol–water partition coefficient (Wildman–Crippen LogP) is 2.74. The summed E-state index contributed by atoms with van der Waals surface area (Å²) < 4.78 is 50.6. The second-order valence-corrected chi connectivity index (χ2v) is 6.10. The fourth-order valence-electron chi connectivity index (χ4n) is 2.67. The number of aliphatic hydroxyl groups excluding tert-OH is 1.